The number of benzene rings is 1. The van der Waals surface area contributed by atoms with Gasteiger partial charge in [-0.2, -0.15) is 0 Å². The predicted octanol–water partition coefficient (Wildman–Crippen LogP) is 2.25. The Hall–Kier alpha value is -2.41. The molecule has 7 heteroatoms. The number of ether oxygens (including phenoxy) is 1. The van der Waals surface area contributed by atoms with Crippen molar-refractivity contribution < 1.29 is 14.3 Å². The molecule has 2 heterocycles. The van der Waals surface area contributed by atoms with Crippen LogP contribution in [0.1, 0.15) is 12.5 Å². The fourth-order valence-corrected chi connectivity index (χ4v) is 2.65. The maximum atomic E-state index is 12.5. The molecular formula is C16H14BrN3O3. The average Bonchev–Trinajstić information content (AvgIpc) is 2.53. The van der Waals surface area contributed by atoms with Crippen LogP contribution in [0.3, 0.4) is 0 Å². The number of hydrogen-bond acceptors (Lipinski definition) is 4. The first-order chi connectivity index (χ1) is 11.0. The number of fused-ring (bicyclic) bond motifs is 1. The molecule has 0 unspecified atom stereocenters. The number of nitrogens with one attached hydrogen (secondary N) is 2. The van der Waals surface area contributed by atoms with Gasteiger partial charge in [0.2, 0.25) is 0 Å². The number of rotatable bonds is 3. The van der Waals surface area contributed by atoms with E-state index in [1.54, 1.807) is 18.3 Å². The van der Waals surface area contributed by atoms with Crippen LogP contribution < -0.4 is 15.4 Å². The number of anilines is 1. The van der Waals surface area contributed by atoms with Crippen LogP contribution in [0.4, 0.5) is 5.82 Å². The summed E-state index contributed by atoms with van der Waals surface area (Å²) in [6, 6.07) is 10.9. The molecule has 0 bridgehead atoms. The molecule has 0 fully saturated rings. The zero-order chi connectivity index (χ0) is 16.4. The zero-order valence-corrected chi connectivity index (χ0v) is 13.9. The van der Waals surface area contributed by atoms with Gasteiger partial charge in [-0.25, -0.2) is 4.98 Å². The number of carbonyl (C=O) groups excluding carboxylic acids is 2. The second kappa shape index (κ2) is 6.00. The Kier molecular flexibility index (Phi) is 4.04. The summed E-state index contributed by atoms with van der Waals surface area (Å²) in [5.41, 5.74) is -0.725. The van der Waals surface area contributed by atoms with Crippen LogP contribution in [0.25, 0.3) is 0 Å². The first-order valence-electron chi connectivity index (χ1n) is 6.97. The van der Waals surface area contributed by atoms with Crippen LogP contribution in [-0.4, -0.2) is 22.4 Å². The van der Waals surface area contributed by atoms with E-state index >= 15 is 0 Å². The highest BCUT2D eigenvalue weighted by molar-refractivity contribution is 9.10. The summed E-state index contributed by atoms with van der Waals surface area (Å²) in [6.45, 7) is 1.74. The highest BCUT2D eigenvalue weighted by Gasteiger charge is 2.47. The van der Waals surface area contributed by atoms with Crippen LogP contribution in [-0.2, 0) is 16.1 Å². The van der Waals surface area contributed by atoms with Gasteiger partial charge in [0.15, 0.2) is 11.6 Å². The lowest BCUT2D eigenvalue weighted by molar-refractivity contribution is -0.146. The predicted molar refractivity (Wildman–Crippen MR) is 87.9 cm³/mol. The first-order valence-corrected chi connectivity index (χ1v) is 7.76. The number of nitrogens with zero attached hydrogens (tertiary/aromatic N) is 1. The lowest BCUT2D eigenvalue weighted by atomic mass is 10.0. The Morgan fingerprint density at radius 1 is 1.39 bits per heavy atom. The molecule has 118 valence electrons. The van der Waals surface area contributed by atoms with E-state index in [1.165, 1.54) is 6.92 Å². The van der Waals surface area contributed by atoms with Crippen molar-refractivity contribution in [2.45, 2.75) is 19.1 Å². The molecule has 0 saturated heterocycles. The fraction of sp³-hybridized carbons (Fsp3) is 0.188. The standard InChI is InChI=1S/C16H14BrN3O3/c1-16(14(21)19-9-10-4-2-5-11(17)8-10)15(22)20-13-12(23-16)6-3-7-18-13/h2-8H,9H2,1H3,(H,19,21)(H,18,20,22)/t16-/m0/s1. The molecule has 1 atom stereocenters. The maximum Gasteiger partial charge on any atom is 0.279 e. The molecule has 2 amide bonds. The van der Waals surface area contributed by atoms with Gasteiger partial charge in [-0.15, -0.1) is 0 Å². The Balaban J connectivity index is 1.75. The van der Waals surface area contributed by atoms with Gasteiger partial charge >= 0.3 is 0 Å². The van der Waals surface area contributed by atoms with Gasteiger partial charge in [-0.1, -0.05) is 28.1 Å². The summed E-state index contributed by atoms with van der Waals surface area (Å²) in [5, 5.41) is 5.33. The van der Waals surface area contributed by atoms with E-state index in [2.05, 4.69) is 31.5 Å². The van der Waals surface area contributed by atoms with Gasteiger partial charge < -0.3 is 15.4 Å². The monoisotopic (exact) mass is 375 g/mol. The molecule has 0 aliphatic carbocycles. The molecule has 1 aromatic heterocycles. The van der Waals surface area contributed by atoms with Crippen LogP contribution in [0.5, 0.6) is 5.75 Å². The van der Waals surface area contributed by atoms with Gasteiger partial charge in [0.25, 0.3) is 17.4 Å². The summed E-state index contributed by atoms with van der Waals surface area (Å²) in [5.74, 6) is -0.373. The molecular weight excluding hydrogens is 362 g/mol. The Morgan fingerprint density at radius 2 is 2.22 bits per heavy atom. The van der Waals surface area contributed by atoms with Crippen LogP contribution >= 0.6 is 15.9 Å². The smallest absolute Gasteiger partial charge is 0.279 e. The average molecular weight is 376 g/mol. The van der Waals surface area contributed by atoms with Gasteiger partial charge in [0.1, 0.15) is 0 Å². The van der Waals surface area contributed by atoms with E-state index in [1.807, 2.05) is 24.3 Å². The Labute approximate surface area is 141 Å². The normalized spacial score (nSPS) is 19.3. The topological polar surface area (TPSA) is 80.3 Å². The van der Waals surface area contributed by atoms with Crippen molar-refractivity contribution in [1.29, 1.82) is 0 Å². The third-order valence-electron chi connectivity index (χ3n) is 3.53. The zero-order valence-electron chi connectivity index (χ0n) is 12.3. The number of amides is 2. The highest BCUT2D eigenvalue weighted by atomic mass is 79.9. The van der Waals surface area contributed by atoms with Crippen molar-refractivity contribution in [3.8, 4) is 5.75 Å². The van der Waals surface area contributed by atoms with Gasteiger partial charge in [0, 0.05) is 17.2 Å². The lowest BCUT2D eigenvalue weighted by Gasteiger charge is -2.32. The molecule has 0 saturated carbocycles. The van der Waals surface area contributed by atoms with Crippen molar-refractivity contribution in [3.63, 3.8) is 0 Å². The Morgan fingerprint density at radius 3 is 3.00 bits per heavy atom. The minimum Gasteiger partial charge on any atom is -0.464 e. The van der Waals surface area contributed by atoms with E-state index in [9.17, 15) is 9.59 Å². The molecule has 6 nitrogen and oxygen atoms in total. The van der Waals surface area contributed by atoms with Crippen LogP contribution in [0, 0.1) is 0 Å². The maximum absolute atomic E-state index is 12.5. The number of carbonyl (C=O) groups is 2. The minimum absolute atomic E-state index is 0.296. The molecule has 1 aromatic carbocycles. The van der Waals surface area contributed by atoms with E-state index < -0.39 is 17.4 Å². The number of aromatic nitrogens is 1. The molecule has 23 heavy (non-hydrogen) atoms. The molecule has 1 aliphatic rings. The fourth-order valence-electron chi connectivity index (χ4n) is 2.21. The molecule has 2 N–H and O–H groups in total. The van der Waals surface area contributed by atoms with Crippen molar-refractivity contribution >= 4 is 33.6 Å². The summed E-state index contributed by atoms with van der Waals surface area (Å²) in [4.78, 5) is 28.7. The molecule has 0 radical (unpaired) electrons. The number of hydrogen-bond donors (Lipinski definition) is 2. The molecule has 2 aromatic rings. The summed E-state index contributed by atoms with van der Waals surface area (Å²) >= 11 is 3.38. The van der Waals surface area contributed by atoms with E-state index in [0.29, 0.717) is 18.1 Å². The van der Waals surface area contributed by atoms with E-state index in [0.717, 1.165) is 10.0 Å². The second-order valence-electron chi connectivity index (χ2n) is 5.25. The minimum atomic E-state index is -1.64. The van der Waals surface area contributed by atoms with Crippen molar-refractivity contribution in [3.05, 3.63) is 52.6 Å². The second-order valence-corrected chi connectivity index (χ2v) is 6.17. The van der Waals surface area contributed by atoms with Gasteiger partial charge in [0.05, 0.1) is 0 Å². The van der Waals surface area contributed by atoms with Gasteiger partial charge in [-0.3, -0.25) is 9.59 Å². The van der Waals surface area contributed by atoms with Crippen molar-refractivity contribution in [2.24, 2.45) is 0 Å². The number of halogens is 1. The van der Waals surface area contributed by atoms with E-state index in [-0.39, 0.29) is 0 Å². The third kappa shape index (κ3) is 3.05. The Bertz CT molecular complexity index is 781. The largest absolute Gasteiger partial charge is 0.464 e. The summed E-state index contributed by atoms with van der Waals surface area (Å²) in [6.07, 6.45) is 1.54. The highest BCUT2D eigenvalue weighted by Crippen LogP contribution is 2.31. The molecule has 0 spiro atoms. The van der Waals surface area contributed by atoms with Crippen LogP contribution in [0.15, 0.2) is 47.1 Å². The van der Waals surface area contributed by atoms with Crippen molar-refractivity contribution in [2.75, 3.05) is 5.32 Å². The number of pyridine rings is 1. The quantitative estimate of drug-likeness (QED) is 0.806. The summed E-state index contributed by atoms with van der Waals surface area (Å²) < 4.78 is 6.53. The first kappa shape index (κ1) is 15.5. The SMILES string of the molecule is C[C@@]1(C(=O)NCc2cccc(Br)c2)Oc2cccnc2NC1=O. The molecule has 3 rings (SSSR count). The van der Waals surface area contributed by atoms with Crippen molar-refractivity contribution in [1.82, 2.24) is 10.3 Å². The molecule has 1 aliphatic heterocycles. The van der Waals surface area contributed by atoms with E-state index in [4.69, 9.17) is 4.74 Å². The van der Waals surface area contributed by atoms with Gasteiger partial charge in [-0.05, 0) is 36.8 Å². The summed E-state index contributed by atoms with van der Waals surface area (Å²) in [7, 11) is 0. The lowest BCUT2D eigenvalue weighted by Crippen LogP contribution is -2.58. The van der Waals surface area contributed by atoms with Crippen LogP contribution in [0.2, 0.25) is 0 Å². The third-order valence-corrected chi connectivity index (χ3v) is 4.02.